The molecule has 1 heterocycles. The van der Waals surface area contributed by atoms with Gasteiger partial charge < -0.3 is 29.7 Å². The largest absolute Gasteiger partial charge is 0.462 e. The molecular weight excluding hydrogens is 441 g/mol. The van der Waals surface area contributed by atoms with E-state index in [0.717, 1.165) is 11.1 Å². The Bertz CT molecular complexity index is 968. The van der Waals surface area contributed by atoms with E-state index in [9.17, 15) is 19.4 Å². The molecule has 0 unspecified atom stereocenters. The van der Waals surface area contributed by atoms with Gasteiger partial charge in [0.2, 0.25) is 12.2 Å². The molecule has 1 aliphatic rings. The molecule has 1 aliphatic heterocycles. The lowest BCUT2D eigenvalue weighted by molar-refractivity contribution is -0.279. The molecule has 1 fully saturated rings. The third-order valence-electron chi connectivity index (χ3n) is 5.85. The highest BCUT2D eigenvalue weighted by Gasteiger charge is 2.46. The highest BCUT2D eigenvalue weighted by atomic mass is 19.1. The number of carbonyl (C=O) groups is 1. The third kappa shape index (κ3) is 6.54. The Kier molecular flexibility index (Phi) is 9.02. The van der Waals surface area contributed by atoms with Gasteiger partial charge in [-0.2, -0.15) is 0 Å². The first-order valence-corrected chi connectivity index (χ1v) is 11.5. The van der Waals surface area contributed by atoms with Crippen LogP contribution in [-0.4, -0.2) is 60.5 Å². The van der Waals surface area contributed by atoms with Gasteiger partial charge in [0, 0.05) is 20.6 Å². The predicted molar refractivity (Wildman–Crippen MR) is 126 cm³/mol. The Morgan fingerprint density at radius 1 is 1.18 bits per heavy atom. The summed E-state index contributed by atoms with van der Waals surface area (Å²) in [6, 6.07) is 11.5. The normalized spacial score (nSPS) is 24.8. The maximum Gasteiger partial charge on any atom is 0.229 e. The van der Waals surface area contributed by atoms with Crippen molar-refractivity contribution in [2.45, 2.75) is 64.3 Å². The number of hydrogen-bond donors (Lipinski definition) is 3. The fourth-order valence-electron chi connectivity index (χ4n) is 4.23. The third-order valence-corrected chi connectivity index (χ3v) is 5.85. The maximum absolute atomic E-state index is 13.9. The summed E-state index contributed by atoms with van der Waals surface area (Å²) in [5, 5.41) is 24.0. The van der Waals surface area contributed by atoms with Crippen LogP contribution in [0.2, 0.25) is 0 Å². The van der Waals surface area contributed by atoms with Crippen LogP contribution in [0.1, 0.15) is 32.8 Å². The van der Waals surface area contributed by atoms with Gasteiger partial charge in [0.1, 0.15) is 29.9 Å². The van der Waals surface area contributed by atoms with Crippen LogP contribution in [-0.2, 0) is 20.7 Å². The van der Waals surface area contributed by atoms with Gasteiger partial charge in [-0.15, -0.1) is 0 Å². The van der Waals surface area contributed by atoms with E-state index >= 15 is 0 Å². The summed E-state index contributed by atoms with van der Waals surface area (Å²) in [7, 11) is 1.48. The lowest BCUT2D eigenvalue weighted by Crippen LogP contribution is -2.59. The summed E-state index contributed by atoms with van der Waals surface area (Å²) >= 11 is 0. The summed E-state index contributed by atoms with van der Waals surface area (Å²) in [4.78, 5) is 11.3. The zero-order valence-electron chi connectivity index (χ0n) is 20.0. The second-order valence-corrected chi connectivity index (χ2v) is 9.03. The van der Waals surface area contributed by atoms with E-state index in [-0.39, 0.29) is 17.6 Å². The molecule has 34 heavy (non-hydrogen) atoms. The number of halogens is 1. The minimum Gasteiger partial charge on any atom is -0.462 e. The Balaban J connectivity index is 1.87. The molecular formula is C26H34FNO6. The Morgan fingerprint density at radius 2 is 1.94 bits per heavy atom. The van der Waals surface area contributed by atoms with Crippen molar-refractivity contribution in [2.24, 2.45) is 5.92 Å². The minimum atomic E-state index is -1.31. The van der Waals surface area contributed by atoms with Crippen LogP contribution in [0.3, 0.4) is 0 Å². The molecule has 2 aromatic carbocycles. The van der Waals surface area contributed by atoms with Crippen molar-refractivity contribution in [3.63, 3.8) is 0 Å². The van der Waals surface area contributed by atoms with Crippen molar-refractivity contribution in [2.75, 3.05) is 13.7 Å². The standard InChI is InChI=1S/C26H34FNO6/c1-15(2)12-22-25(32-4)23(30)24(31)26(34-22)33-20-9-8-17(10-11-28-16(3)29)21(14-20)18-6-5-7-19(27)13-18/h5-9,13-15,22-26,30-31H,10-12H2,1-4H3,(H,28,29)/t22-,23-,24+,25-,26+/m0/s1. The first-order valence-electron chi connectivity index (χ1n) is 11.5. The Labute approximate surface area is 199 Å². The second-order valence-electron chi connectivity index (χ2n) is 9.03. The molecule has 1 amide bonds. The summed E-state index contributed by atoms with van der Waals surface area (Å²) in [6.07, 6.45) is -3.55. The van der Waals surface area contributed by atoms with Gasteiger partial charge in [-0.25, -0.2) is 4.39 Å². The molecule has 0 spiro atoms. The monoisotopic (exact) mass is 475 g/mol. The van der Waals surface area contributed by atoms with Gasteiger partial charge in [-0.05, 0) is 59.7 Å². The van der Waals surface area contributed by atoms with Crippen LogP contribution in [0.25, 0.3) is 11.1 Å². The molecule has 5 atom stereocenters. The zero-order valence-corrected chi connectivity index (χ0v) is 20.0. The lowest BCUT2D eigenvalue weighted by atomic mass is 9.93. The van der Waals surface area contributed by atoms with Gasteiger partial charge in [-0.1, -0.05) is 32.0 Å². The van der Waals surface area contributed by atoms with E-state index in [4.69, 9.17) is 14.2 Å². The van der Waals surface area contributed by atoms with Crippen molar-refractivity contribution in [1.29, 1.82) is 0 Å². The molecule has 0 bridgehead atoms. The van der Waals surface area contributed by atoms with E-state index in [1.165, 1.54) is 26.2 Å². The second kappa shape index (κ2) is 11.8. The number of benzene rings is 2. The Morgan fingerprint density at radius 3 is 2.59 bits per heavy atom. The Hall–Kier alpha value is -2.52. The highest BCUT2D eigenvalue weighted by Crippen LogP contribution is 2.32. The van der Waals surface area contributed by atoms with Crippen LogP contribution in [0, 0.1) is 11.7 Å². The molecule has 0 aromatic heterocycles. The van der Waals surface area contributed by atoms with Gasteiger partial charge in [0.05, 0.1) is 6.10 Å². The van der Waals surface area contributed by atoms with E-state index in [1.54, 1.807) is 24.3 Å². The van der Waals surface area contributed by atoms with Crippen LogP contribution in [0.5, 0.6) is 5.75 Å². The smallest absolute Gasteiger partial charge is 0.229 e. The quantitative estimate of drug-likeness (QED) is 0.516. The van der Waals surface area contributed by atoms with Crippen molar-refractivity contribution >= 4 is 5.91 Å². The SMILES string of the molecule is CO[C@@H]1[C@@H](O)[C@@H](O)[C@H](Oc2ccc(CCNC(C)=O)c(-c3cccc(F)c3)c2)O[C@H]1CC(C)C. The molecule has 186 valence electrons. The predicted octanol–water partition coefficient (Wildman–Crippen LogP) is 3.06. The van der Waals surface area contributed by atoms with Gasteiger partial charge in [0.25, 0.3) is 0 Å². The number of amides is 1. The van der Waals surface area contributed by atoms with Crippen LogP contribution >= 0.6 is 0 Å². The molecule has 3 rings (SSSR count). The number of ether oxygens (including phenoxy) is 3. The molecule has 7 nitrogen and oxygen atoms in total. The first kappa shape index (κ1) is 26.1. The van der Waals surface area contributed by atoms with Gasteiger partial charge in [-0.3, -0.25) is 4.79 Å². The van der Waals surface area contributed by atoms with E-state index in [0.29, 0.717) is 30.7 Å². The summed E-state index contributed by atoms with van der Waals surface area (Å²) in [5.74, 6) is 0.193. The minimum absolute atomic E-state index is 0.125. The fourth-order valence-corrected chi connectivity index (χ4v) is 4.23. The number of carbonyl (C=O) groups excluding carboxylic acids is 1. The summed E-state index contributed by atoms with van der Waals surface area (Å²) in [6.45, 7) is 5.96. The first-order chi connectivity index (χ1) is 16.2. The summed E-state index contributed by atoms with van der Waals surface area (Å²) < 4.78 is 31.3. The average Bonchev–Trinajstić information content (AvgIpc) is 2.77. The number of aliphatic hydroxyl groups excluding tert-OH is 2. The molecule has 3 N–H and O–H groups in total. The van der Waals surface area contributed by atoms with Crippen molar-refractivity contribution < 1.29 is 33.6 Å². The molecule has 0 aliphatic carbocycles. The molecule has 0 radical (unpaired) electrons. The number of rotatable bonds is 9. The zero-order chi connectivity index (χ0) is 24.8. The topological polar surface area (TPSA) is 97.3 Å². The lowest BCUT2D eigenvalue weighted by Gasteiger charge is -2.42. The number of methoxy groups -OCH3 is 1. The van der Waals surface area contributed by atoms with Crippen LogP contribution in [0.15, 0.2) is 42.5 Å². The van der Waals surface area contributed by atoms with Crippen LogP contribution in [0.4, 0.5) is 4.39 Å². The molecule has 0 saturated carbocycles. The maximum atomic E-state index is 13.9. The molecule has 8 heteroatoms. The summed E-state index contributed by atoms with van der Waals surface area (Å²) in [5.41, 5.74) is 2.29. The molecule has 2 aromatic rings. The van der Waals surface area contributed by atoms with Crippen molar-refractivity contribution in [1.82, 2.24) is 5.32 Å². The van der Waals surface area contributed by atoms with E-state index in [2.05, 4.69) is 5.32 Å². The molecule has 1 saturated heterocycles. The number of aliphatic hydroxyl groups is 2. The fraction of sp³-hybridized carbons (Fsp3) is 0.500. The van der Waals surface area contributed by atoms with Gasteiger partial charge in [0.15, 0.2) is 0 Å². The average molecular weight is 476 g/mol. The van der Waals surface area contributed by atoms with Gasteiger partial charge >= 0.3 is 0 Å². The highest BCUT2D eigenvalue weighted by molar-refractivity contribution is 5.73. The van der Waals surface area contributed by atoms with E-state index < -0.39 is 30.7 Å². The van der Waals surface area contributed by atoms with Crippen molar-refractivity contribution in [3.05, 3.63) is 53.8 Å². The van der Waals surface area contributed by atoms with Crippen molar-refractivity contribution in [3.8, 4) is 16.9 Å². The number of nitrogens with one attached hydrogen (secondary N) is 1. The number of hydrogen-bond acceptors (Lipinski definition) is 6. The van der Waals surface area contributed by atoms with Crippen LogP contribution < -0.4 is 10.1 Å². The van der Waals surface area contributed by atoms with E-state index in [1.807, 2.05) is 19.9 Å².